The van der Waals surface area contributed by atoms with Gasteiger partial charge in [0.05, 0.1) is 5.60 Å². The van der Waals surface area contributed by atoms with E-state index < -0.39 is 5.60 Å². The summed E-state index contributed by atoms with van der Waals surface area (Å²) in [5, 5.41) is 11.4. The van der Waals surface area contributed by atoms with Crippen molar-refractivity contribution >= 4 is 0 Å². The molecule has 0 aromatic heterocycles. The van der Waals surface area contributed by atoms with Crippen LogP contribution in [-0.4, -0.2) is 5.11 Å². The van der Waals surface area contributed by atoms with E-state index in [9.17, 15) is 5.11 Å². The predicted octanol–water partition coefficient (Wildman–Crippen LogP) is 4.73. The van der Waals surface area contributed by atoms with Gasteiger partial charge in [0.2, 0.25) is 0 Å². The van der Waals surface area contributed by atoms with Crippen LogP contribution in [0.4, 0.5) is 0 Å². The average molecular weight is 260 g/mol. The fraction of sp³-hybridized carbons (Fsp3) is 0.667. The molecule has 2 rings (SSSR count). The lowest BCUT2D eigenvalue weighted by molar-refractivity contribution is -0.0960. The van der Waals surface area contributed by atoms with Crippen LogP contribution in [-0.2, 0) is 5.60 Å². The lowest BCUT2D eigenvalue weighted by Gasteiger charge is -2.47. The predicted molar refractivity (Wildman–Crippen MR) is 81.2 cm³/mol. The Bertz CT molecular complexity index is 435. The van der Waals surface area contributed by atoms with Crippen molar-refractivity contribution in [2.24, 2.45) is 11.3 Å². The zero-order valence-electron chi connectivity index (χ0n) is 13.1. The van der Waals surface area contributed by atoms with Gasteiger partial charge in [-0.1, -0.05) is 62.9 Å². The van der Waals surface area contributed by atoms with Gasteiger partial charge in [-0.15, -0.1) is 0 Å². The second kappa shape index (κ2) is 4.94. The van der Waals surface area contributed by atoms with Crippen molar-refractivity contribution in [2.45, 2.75) is 65.9 Å². The Labute approximate surface area is 118 Å². The number of hydrogen-bond donors (Lipinski definition) is 1. The fourth-order valence-corrected chi connectivity index (χ4v) is 3.88. The molecular weight excluding hydrogens is 232 g/mol. The van der Waals surface area contributed by atoms with Gasteiger partial charge in [-0.2, -0.15) is 0 Å². The van der Waals surface area contributed by atoms with Gasteiger partial charge in [-0.25, -0.2) is 0 Å². The smallest absolute Gasteiger partial charge is 0.0929 e. The first-order valence-corrected chi connectivity index (χ1v) is 7.54. The first kappa shape index (κ1) is 14.6. The SMILES string of the molecule is Cc1cc(C)cc(C2(O)CCCCC2C(C)(C)C)c1. The summed E-state index contributed by atoms with van der Waals surface area (Å²) >= 11 is 0. The van der Waals surface area contributed by atoms with Crippen LogP contribution in [0.5, 0.6) is 0 Å². The summed E-state index contributed by atoms with van der Waals surface area (Å²) in [6, 6.07) is 6.54. The maximum atomic E-state index is 11.4. The van der Waals surface area contributed by atoms with Gasteiger partial charge >= 0.3 is 0 Å². The van der Waals surface area contributed by atoms with E-state index in [1.54, 1.807) is 0 Å². The molecule has 1 heteroatoms. The van der Waals surface area contributed by atoms with Crippen LogP contribution in [0.25, 0.3) is 0 Å². The molecule has 2 atom stereocenters. The molecule has 1 aromatic carbocycles. The summed E-state index contributed by atoms with van der Waals surface area (Å²) in [6.45, 7) is 11.0. The third-order valence-electron chi connectivity index (χ3n) is 4.64. The van der Waals surface area contributed by atoms with E-state index in [1.807, 2.05) is 0 Å². The maximum absolute atomic E-state index is 11.4. The standard InChI is InChI=1S/C18H28O/c1-13-10-14(2)12-15(11-13)18(19)9-7-6-8-16(18)17(3,4)5/h10-12,16,19H,6-9H2,1-5H3. The minimum absolute atomic E-state index is 0.146. The zero-order valence-corrected chi connectivity index (χ0v) is 13.1. The van der Waals surface area contributed by atoms with Crippen molar-refractivity contribution in [2.75, 3.05) is 0 Å². The molecule has 2 unspecified atom stereocenters. The highest BCUT2D eigenvalue weighted by molar-refractivity contribution is 5.33. The van der Waals surface area contributed by atoms with Gasteiger partial charge in [0.15, 0.2) is 0 Å². The Hall–Kier alpha value is -0.820. The molecule has 1 nitrogen and oxygen atoms in total. The number of benzene rings is 1. The van der Waals surface area contributed by atoms with Crippen molar-refractivity contribution in [3.05, 3.63) is 34.9 Å². The largest absolute Gasteiger partial charge is 0.385 e. The molecule has 0 heterocycles. The van der Waals surface area contributed by atoms with Crippen LogP contribution in [0.2, 0.25) is 0 Å². The van der Waals surface area contributed by atoms with E-state index in [0.29, 0.717) is 5.92 Å². The number of rotatable bonds is 1. The molecule has 0 amide bonds. The van der Waals surface area contributed by atoms with Crippen LogP contribution in [0.1, 0.15) is 63.1 Å². The second-order valence-corrected chi connectivity index (χ2v) is 7.47. The lowest BCUT2D eigenvalue weighted by atomic mass is 9.61. The van der Waals surface area contributed by atoms with Crippen LogP contribution < -0.4 is 0 Å². The van der Waals surface area contributed by atoms with E-state index in [-0.39, 0.29) is 5.41 Å². The first-order valence-electron chi connectivity index (χ1n) is 7.54. The Morgan fingerprint density at radius 1 is 1.05 bits per heavy atom. The monoisotopic (exact) mass is 260 g/mol. The maximum Gasteiger partial charge on any atom is 0.0929 e. The van der Waals surface area contributed by atoms with Crippen molar-refractivity contribution in [1.82, 2.24) is 0 Å². The molecule has 106 valence electrons. The van der Waals surface area contributed by atoms with Crippen molar-refractivity contribution in [1.29, 1.82) is 0 Å². The van der Waals surface area contributed by atoms with Gasteiger partial charge in [0.25, 0.3) is 0 Å². The quantitative estimate of drug-likeness (QED) is 0.774. The number of aryl methyl sites for hydroxylation is 2. The zero-order chi connectivity index (χ0) is 14.3. The summed E-state index contributed by atoms with van der Waals surface area (Å²) < 4.78 is 0. The summed E-state index contributed by atoms with van der Waals surface area (Å²) in [7, 11) is 0. The van der Waals surface area contributed by atoms with Gasteiger partial charge in [-0.3, -0.25) is 0 Å². The highest BCUT2D eigenvalue weighted by Crippen LogP contribution is 2.49. The molecule has 1 aliphatic rings. The third-order valence-corrected chi connectivity index (χ3v) is 4.64. The van der Waals surface area contributed by atoms with Crippen LogP contribution in [0, 0.1) is 25.2 Å². The average Bonchev–Trinajstić information content (AvgIpc) is 2.26. The molecule has 0 saturated heterocycles. The van der Waals surface area contributed by atoms with Gasteiger partial charge in [0, 0.05) is 0 Å². The Balaban J connectivity index is 2.48. The number of hydrogen-bond acceptors (Lipinski definition) is 1. The van der Waals surface area contributed by atoms with Crippen molar-refractivity contribution in [3.8, 4) is 0 Å². The van der Waals surface area contributed by atoms with E-state index in [2.05, 4.69) is 52.8 Å². The highest BCUT2D eigenvalue weighted by Gasteiger charge is 2.45. The molecule has 0 spiro atoms. The third kappa shape index (κ3) is 2.86. The summed E-state index contributed by atoms with van der Waals surface area (Å²) in [4.78, 5) is 0. The molecule has 0 aliphatic heterocycles. The Morgan fingerprint density at radius 2 is 1.63 bits per heavy atom. The van der Waals surface area contributed by atoms with Gasteiger partial charge in [0.1, 0.15) is 0 Å². The van der Waals surface area contributed by atoms with E-state index in [4.69, 9.17) is 0 Å². The molecule has 1 aromatic rings. The first-order chi connectivity index (χ1) is 8.73. The lowest BCUT2D eigenvalue weighted by Crippen LogP contribution is -2.44. The minimum atomic E-state index is -0.646. The molecule has 1 saturated carbocycles. The summed E-state index contributed by atoms with van der Waals surface area (Å²) in [6.07, 6.45) is 4.41. The highest BCUT2D eigenvalue weighted by atomic mass is 16.3. The topological polar surface area (TPSA) is 20.2 Å². The Kier molecular flexibility index (Phi) is 3.79. The van der Waals surface area contributed by atoms with Crippen LogP contribution in [0.15, 0.2) is 18.2 Å². The van der Waals surface area contributed by atoms with E-state index in [0.717, 1.165) is 24.8 Å². The normalized spacial score (nSPS) is 28.4. The molecule has 1 N–H and O–H groups in total. The van der Waals surface area contributed by atoms with Crippen LogP contribution in [0.3, 0.4) is 0 Å². The van der Waals surface area contributed by atoms with Crippen molar-refractivity contribution in [3.63, 3.8) is 0 Å². The van der Waals surface area contributed by atoms with Gasteiger partial charge < -0.3 is 5.11 Å². The molecule has 1 fully saturated rings. The molecule has 19 heavy (non-hydrogen) atoms. The fourth-order valence-electron chi connectivity index (χ4n) is 3.88. The van der Waals surface area contributed by atoms with E-state index >= 15 is 0 Å². The number of aliphatic hydroxyl groups is 1. The molecule has 0 bridgehead atoms. The Morgan fingerprint density at radius 3 is 2.16 bits per heavy atom. The minimum Gasteiger partial charge on any atom is -0.385 e. The summed E-state index contributed by atoms with van der Waals surface area (Å²) in [5.74, 6) is 0.343. The van der Waals surface area contributed by atoms with Gasteiger partial charge in [-0.05, 0) is 43.6 Å². The molecule has 0 radical (unpaired) electrons. The van der Waals surface area contributed by atoms with Crippen LogP contribution >= 0.6 is 0 Å². The second-order valence-electron chi connectivity index (χ2n) is 7.47. The van der Waals surface area contributed by atoms with Crippen molar-refractivity contribution < 1.29 is 5.11 Å². The molecule has 1 aliphatic carbocycles. The summed E-state index contributed by atoms with van der Waals surface area (Å²) in [5.41, 5.74) is 3.13. The molecular formula is C18H28O. The van der Waals surface area contributed by atoms with E-state index in [1.165, 1.54) is 17.5 Å².